The molecule has 0 heterocycles. The molecule has 2 nitrogen and oxygen atoms in total. The summed E-state index contributed by atoms with van der Waals surface area (Å²) in [5, 5.41) is 0. The van der Waals surface area contributed by atoms with Crippen molar-refractivity contribution in [2.75, 3.05) is 0 Å². The van der Waals surface area contributed by atoms with Gasteiger partial charge in [-0.1, -0.05) is 68.3 Å². The Balaban J connectivity index is -0.0000000779. The number of rotatable bonds is 2. The van der Waals surface area contributed by atoms with Gasteiger partial charge in [-0.3, -0.25) is 0 Å². The van der Waals surface area contributed by atoms with Crippen molar-refractivity contribution in [3.63, 3.8) is 0 Å². The van der Waals surface area contributed by atoms with E-state index in [9.17, 15) is 0 Å². The van der Waals surface area contributed by atoms with E-state index in [-0.39, 0.29) is 34.0 Å². The molecule has 0 amide bonds. The Labute approximate surface area is 108 Å². The van der Waals surface area contributed by atoms with Crippen molar-refractivity contribution in [3.05, 3.63) is 67.8 Å². The molecule has 1 aromatic carbocycles. The van der Waals surface area contributed by atoms with Gasteiger partial charge in [0.25, 0.3) is 0 Å². The summed E-state index contributed by atoms with van der Waals surface area (Å²) in [4.78, 5) is 0. The third-order valence-electron chi connectivity index (χ3n) is 1.20. The summed E-state index contributed by atoms with van der Waals surface area (Å²) in [5.41, 5.74) is 1.17. The largest absolute Gasteiger partial charge is 2.00 e. The summed E-state index contributed by atoms with van der Waals surface area (Å²) < 4.78 is 0. The van der Waals surface area contributed by atoms with Gasteiger partial charge in [0, 0.05) is 0 Å². The summed E-state index contributed by atoms with van der Waals surface area (Å²) in [6, 6.07) is 10.0. The van der Waals surface area contributed by atoms with E-state index in [2.05, 4.69) is 19.7 Å². The fourth-order valence-corrected chi connectivity index (χ4v) is 0.589. The second-order valence-electron chi connectivity index (χ2n) is 2.09. The molecule has 0 unspecified atom stereocenters. The average Bonchev–Trinajstić information content (AvgIpc) is 2.19. The molecule has 1 rings (SSSR count). The summed E-state index contributed by atoms with van der Waals surface area (Å²) in [7, 11) is 0. The van der Waals surface area contributed by atoms with Crippen LogP contribution < -0.4 is 0 Å². The van der Waals surface area contributed by atoms with E-state index in [1.807, 2.05) is 36.4 Å². The van der Waals surface area contributed by atoms with E-state index in [1.54, 1.807) is 12.2 Å². The molecule has 0 aliphatic heterocycles. The molecule has 0 saturated carbocycles. The van der Waals surface area contributed by atoms with Gasteiger partial charge in [0.1, 0.15) is 0 Å². The Bertz CT molecular complexity index is 239. The van der Waals surface area contributed by atoms with Crippen molar-refractivity contribution < 1.29 is 11.0 Å². The van der Waals surface area contributed by atoms with Gasteiger partial charge < -0.3 is 11.0 Å². The van der Waals surface area contributed by atoms with E-state index in [0.29, 0.717) is 0 Å². The van der Waals surface area contributed by atoms with Crippen LogP contribution in [0, 0.1) is 0 Å². The van der Waals surface area contributed by atoms with Crippen LogP contribution in [0.5, 0.6) is 0 Å². The van der Waals surface area contributed by atoms with E-state index >= 15 is 0 Å². The molecular weight excluding hydrogens is 200 g/mol. The summed E-state index contributed by atoms with van der Waals surface area (Å²) in [6.45, 7) is 10.4. The molecule has 0 radical (unpaired) electrons. The van der Waals surface area contributed by atoms with Crippen molar-refractivity contribution in [3.8, 4) is 0 Å². The fourth-order valence-electron chi connectivity index (χ4n) is 0.589. The number of allylic oxidation sites excluding steroid dienone is 2. The van der Waals surface area contributed by atoms with E-state index in [4.69, 9.17) is 0 Å². The Morgan fingerprint density at radius 1 is 0.800 bits per heavy atom. The minimum atomic E-state index is 0. The van der Waals surface area contributed by atoms with Crippen LogP contribution in [-0.2, 0) is 0 Å². The quantitative estimate of drug-likeness (QED) is 0.564. The fraction of sp³-hybridized carbons (Fsp3) is 0. The first kappa shape index (κ1) is 23.7. The van der Waals surface area contributed by atoms with Gasteiger partial charge in [0.05, 0.1) is 0 Å². The third-order valence-corrected chi connectivity index (χ3v) is 1.20. The van der Waals surface area contributed by atoms with Gasteiger partial charge in [0.2, 0.25) is 0 Å². The second kappa shape index (κ2) is 18.8. The van der Waals surface area contributed by atoms with Crippen LogP contribution >= 0.6 is 0 Å². The normalized spacial score (nSPS) is 5.87. The van der Waals surface area contributed by atoms with E-state index < -0.39 is 0 Å². The molecule has 0 bridgehead atoms. The maximum atomic E-state index is 3.63. The molecule has 15 heavy (non-hydrogen) atoms. The monoisotopic (exact) mass is 216 g/mol. The first-order valence-corrected chi connectivity index (χ1v) is 3.76. The topological polar surface area (TPSA) is 60.0 Å². The molecular formula is C12H16MgO2. The Kier molecular flexibility index (Phi) is 29.8. The zero-order valence-corrected chi connectivity index (χ0v) is 10.3. The van der Waals surface area contributed by atoms with Gasteiger partial charge in [-0.05, 0) is 5.56 Å². The van der Waals surface area contributed by atoms with E-state index in [1.165, 1.54) is 5.56 Å². The summed E-state index contributed by atoms with van der Waals surface area (Å²) >= 11 is 0. The molecule has 78 valence electrons. The smallest absolute Gasteiger partial charge is 0.870 e. The molecule has 0 saturated heterocycles. The van der Waals surface area contributed by atoms with Crippen LogP contribution in [0.25, 0.3) is 6.08 Å². The van der Waals surface area contributed by atoms with Crippen LogP contribution in [0.1, 0.15) is 5.56 Å². The van der Waals surface area contributed by atoms with Crippen LogP contribution in [0.3, 0.4) is 0 Å². The van der Waals surface area contributed by atoms with Crippen LogP contribution in [0.2, 0.25) is 0 Å². The molecule has 1 aromatic rings. The van der Waals surface area contributed by atoms with Gasteiger partial charge >= 0.3 is 23.1 Å². The van der Waals surface area contributed by atoms with Crippen molar-refractivity contribution in [2.24, 2.45) is 0 Å². The summed E-state index contributed by atoms with van der Waals surface area (Å²) in [6.07, 6.45) is 5.11. The zero-order chi connectivity index (χ0) is 9.23. The maximum absolute atomic E-state index is 3.63. The Morgan fingerprint density at radius 3 is 1.40 bits per heavy atom. The molecule has 0 atom stereocenters. The average molecular weight is 217 g/mol. The van der Waals surface area contributed by atoms with Crippen LogP contribution in [0.4, 0.5) is 0 Å². The standard InChI is InChI=1S/C8H8.C4H6.Mg.2H2O/c1-2-8-6-4-3-5-7-8;1-3-4-2;;;/h2-7H,1H2;3-4H,1-2H2;;2*1H2/q;;+2;;/p-2. The third kappa shape index (κ3) is 15.8. The Hall–Kier alpha value is -0.874. The van der Waals surface area contributed by atoms with Gasteiger partial charge in [0.15, 0.2) is 0 Å². The van der Waals surface area contributed by atoms with Gasteiger partial charge in [-0.15, -0.1) is 0 Å². The number of benzene rings is 1. The van der Waals surface area contributed by atoms with Gasteiger partial charge in [-0.25, -0.2) is 0 Å². The minimum absolute atomic E-state index is 0. The first-order chi connectivity index (χ1) is 5.85. The number of hydrogen-bond donors (Lipinski definition) is 0. The molecule has 0 aliphatic rings. The molecule has 0 aliphatic carbocycles. The molecule has 0 aromatic heterocycles. The molecule has 2 N–H and O–H groups in total. The Morgan fingerprint density at radius 2 is 1.20 bits per heavy atom. The second-order valence-corrected chi connectivity index (χ2v) is 2.09. The van der Waals surface area contributed by atoms with Crippen molar-refractivity contribution in [1.82, 2.24) is 0 Å². The molecule has 3 heteroatoms. The predicted molar refractivity (Wildman–Crippen MR) is 66.6 cm³/mol. The predicted octanol–water partition coefficient (Wildman–Crippen LogP) is 2.95. The SMILES string of the molecule is C=CC=C.C=Cc1ccccc1.[Mg+2].[OH-].[OH-]. The van der Waals surface area contributed by atoms with Crippen molar-refractivity contribution >= 4 is 29.1 Å². The van der Waals surface area contributed by atoms with Crippen LogP contribution in [0.15, 0.2) is 62.2 Å². The van der Waals surface area contributed by atoms with Crippen molar-refractivity contribution in [1.29, 1.82) is 0 Å². The van der Waals surface area contributed by atoms with E-state index in [0.717, 1.165) is 0 Å². The first-order valence-electron chi connectivity index (χ1n) is 3.76. The maximum Gasteiger partial charge on any atom is 2.00 e. The summed E-state index contributed by atoms with van der Waals surface area (Å²) in [5.74, 6) is 0. The minimum Gasteiger partial charge on any atom is -0.870 e. The van der Waals surface area contributed by atoms with Crippen molar-refractivity contribution in [2.45, 2.75) is 0 Å². The van der Waals surface area contributed by atoms with Crippen LogP contribution in [-0.4, -0.2) is 34.0 Å². The molecule has 0 spiro atoms. The number of hydrogen-bond acceptors (Lipinski definition) is 2. The van der Waals surface area contributed by atoms with Gasteiger partial charge in [-0.2, -0.15) is 0 Å². The zero-order valence-electron chi connectivity index (χ0n) is 8.84. The molecule has 0 fully saturated rings.